The molecule has 2 aromatic rings. The predicted molar refractivity (Wildman–Crippen MR) is 76.9 cm³/mol. The molecule has 0 spiro atoms. The Morgan fingerprint density at radius 3 is 2.90 bits per heavy atom. The van der Waals surface area contributed by atoms with Crippen molar-refractivity contribution in [2.45, 2.75) is 33.4 Å². The number of nitrogens with one attached hydrogen (secondary N) is 1. The maximum Gasteiger partial charge on any atom is 0.223 e. The predicted octanol–water partition coefficient (Wildman–Crippen LogP) is 3.28. The lowest BCUT2D eigenvalue weighted by atomic mass is 10.1. The molecule has 0 aliphatic heterocycles. The molecule has 0 fully saturated rings. The van der Waals surface area contributed by atoms with Crippen LogP contribution in [-0.2, 0) is 6.61 Å². The Labute approximate surface area is 123 Å². The van der Waals surface area contributed by atoms with Gasteiger partial charge in [0.05, 0.1) is 0 Å². The van der Waals surface area contributed by atoms with Crippen LogP contribution in [-0.4, -0.2) is 16.7 Å². The van der Waals surface area contributed by atoms with Gasteiger partial charge in [-0.2, -0.15) is 4.98 Å². The van der Waals surface area contributed by atoms with E-state index in [0.29, 0.717) is 16.7 Å². The van der Waals surface area contributed by atoms with Gasteiger partial charge in [-0.15, -0.1) is 0 Å². The maximum absolute atomic E-state index is 6.06. The highest BCUT2D eigenvalue weighted by atomic mass is 35.5. The summed E-state index contributed by atoms with van der Waals surface area (Å²) in [5.41, 5.74) is 1.01. The summed E-state index contributed by atoms with van der Waals surface area (Å²) in [7, 11) is 0. The van der Waals surface area contributed by atoms with Crippen molar-refractivity contribution in [2.24, 2.45) is 0 Å². The van der Waals surface area contributed by atoms with Crippen molar-refractivity contribution in [3.05, 3.63) is 40.5 Å². The van der Waals surface area contributed by atoms with Gasteiger partial charge in [-0.05, 0) is 31.7 Å². The van der Waals surface area contributed by atoms with Crippen LogP contribution in [0.25, 0.3) is 0 Å². The monoisotopic (exact) mass is 295 g/mol. The minimum absolute atomic E-state index is 0.153. The van der Waals surface area contributed by atoms with Crippen LogP contribution in [0.15, 0.2) is 22.7 Å². The number of rotatable bonds is 6. The van der Waals surface area contributed by atoms with E-state index in [9.17, 15) is 0 Å². The van der Waals surface area contributed by atoms with Gasteiger partial charge in [-0.1, -0.05) is 23.7 Å². The van der Waals surface area contributed by atoms with Gasteiger partial charge in [0.1, 0.15) is 5.75 Å². The molecule has 6 heteroatoms. The van der Waals surface area contributed by atoms with Gasteiger partial charge >= 0.3 is 0 Å². The number of benzene rings is 1. The van der Waals surface area contributed by atoms with Crippen molar-refractivity contribution in [3.8, 4) is 5.75 Å². The fraction of sp³-hybridized carbons (Fsp3) is 0.429. The molecule has 0 radical (unpaired) electrons. The van der Waals surface area contributed by atoms with Crippen molar-refractivity contribution in [1.29, 1.82) is 0 Å². The van der Waals surface area contributed by atoms with Crippen LogP contribution in [0.4, 0.5) is 0 Å². The highest BCUT2D eigenvalue weighted by molar-refractivity contribution is 6.30. The third-order valence-corrected chi connectivity index (χ3v) is 3.11. The van der Waals surface area contributed by atoms with E-state index in [1.807, 2.05) is 12.1 Å². The molecule has 1 aromatic heterocycles. The van der Waals surface area contributed by atoms with Crippen LogP contribution in [0, 0.1) is 6.92 Å². The molecular formula is C14H18ClN3O2. The summed E-state index contributed by atoms with van der Waals surface area (Å²) in [5, 5.41) is 7.84. The first-order valence-corrected chi connectivity index (χ1v) is 6.92. The molecule has 1 unspecified atom stereocenters. The second-order valence-electron chi connectivity index (χ2n) is 4.48. The Morgan fingerprint density at radius 2 is 2.25 bits per heavy atom. The molecule has 20 heavy (non-hydrogen) atoms. The van der Waals surface area contributed by atoms with Crippen molar-refractivity contribution in [3.63, 3.8) is 0 Å². The maximum atomic E-state index is 6.06. The Morgan fingerprint density at radius 1 is 1.45 bits per heavy atom. The molecule has 0 aliphatic rings. The van der Waals surface area contributed by atoms with E-state index in [1.54, 1.807) is 13.0 Å². The summed E-state index contributed by atoms with van der Waals surface area (Å²) in [5.74, 6) is 1.82. The van der Waals surface area contributed by atoms with E-state index >= 15 is 0 Å². The van der Waals surface area contributed by atoms with E-state index in [-0.39, 0.29) is 12.6 Å². The molecule has 1 N–H and O–H groups in total. The third-order valence-electron chi connectivity index (χ3n) is 2.88. The third kappa shape index (κ3) is 3.71. The average Bonchev–Trinajstić information content (AvgIpc) is 2.83. The number of hydrogen-bond donors (Lipinski definition) is 1. The SMILES string of the molecule is CCNC(C)c1cc(Cl)ccc1OCc1noc(C)n1. The van der Waals surface area contributed by atoms with Crippen molar-refractivity contribution in [2.75, 3.05) is 6.54 Å². The summed E-state index contributed by atoms with van der Waals surface area (Å²) >= 11 is 6.06. The van der Waals surface area contributed by atoms with Crippen LogP contribution in [0.1, 0.15) is 37.2 Å². The normalized spacial score (nSPS) is 12.4. The average molecular weight is 296 g/mol. The Bertz CT molecular complexity index is 571. The highest BCUT2D eigenvalue weighted by Crippen LogP contribution is 2.28. The summed E-state index contributed by atoms with van der Waals surface area (Å²) in [6.45, 7) is 7.02. The van der Waals surface area contributed by atoms with Gasteiger partial charge in [0.15, 0.2) is 6.61 Å². The van der Waals surface area contributed by atoms with E-state index in [1.165, 1.54) is 0 Å². The van der Waals surface area contributed by atoms with Crippen LogP contribution in [0.5, 0.6) is 5.75 Å². The Hall–Kier alpha value is -1.59. The number of halogens is 1. The number of aromatic nitrogens is 2. The van der Waals surface area contributed by atoms with Gasteiger partial charge in [0, 0.05) is 23.6 Å². The molecule has 0 amide bonds. The van der Waals surface area contributed by atoms with Crippen molar-refractivity contribution < 1.29 is 9.26 Å². The van der Waals surface area contributed by atoms with Crippen molar-refractivity contribution >= 4 is 11.6 Å². The van der Waals surface area contributed by atoms with Crippen LogP contribution >= 0.6 is 11.6 Å². The standard InChI is InChI=1S/C14H18ClN3O2/c1-4-16-9(2)12-7-11(15)5-6-13(12)19-8-14-17-10(3)20-18-14/h5-7,9,16H,4,8H2,1-3H3. The molecule has 5 nitrogen and oxygen atoms in total. The molecule has 2 rings (SSSR count). The number of aryl methyl sites for hydroxylation is 1. The fourth-order valence-electron chi connectivity index (χ4n) is 1.95. The zero-order valence-electron chi connectivity index (χ0n) is 11.8. The van der Waals surface area contributed by atoms with Gasteiger partial charge in [-0.25, -0.2) is 0 Å². The zero-order valence-corrected chi connectivity index (χ0v) is 12.6. The Kier molecular flexibility index (Phi) is 4.98. The smallest absolute Gasteiger partial charge is 0.223 e. The summed E-state index contributed by atoms with van der Waals surface area (Å²) in [6.07, 6.45) is 0. The first kappa shape index (κ1) is 14.8. The number of hydrogen-bond acceptors (Lipinski definition) is 5. The summed E-state index contributed by atoms with van der Waals surface area (Å²) in [4.78, 5) is 4.11. The minimum atomic E-state index is 0.153. The van der Waals surface area contributed by atoms with Crippen LogP contribution in [0.3, 0.4) is 0 Å². The topological polar surface area (TPSA) is 60.2 Å². The quantitative estimate of drug-likeness (QED) is 0.886. The van der Waals surface area contributed by atoms with E-state index < -0.39 is 0 Å². The fourth-order valence-corrected chi connectivity index (χ4v) is 2.13. The lowest BCUT2D eigenvalue weighted by molar-refractivity contribution is 0.280. The second kappa shape index (κ2) is 6.72. The molecule has 1 atom stereocenters. The molecule has 1 heterocycles. The first-order chi connectivity index (χ1) is 9.60. The molecule has 1 aromatic carbocycles. The van der Waals surface area contributed by atoms with E-state index in [2.05, 4.69) is 29.3 Å². The molecule has 108 valence electrons. The molecule has 0 saturated carbocycles. The molecular weight excluding hydrogens is 278 g/mol. The summed E-state index contributed by atoms with van der Waals surface area (Å²) in [6, 6.07) is 5.73. The molecule has 0 aliphatic carbocycles. The van der Waals surface area contributed by atoms with Crippen molar-refractivity contribution in [1.82, 2.24) is 15.5 Å². The first-order valence-electron chi connectivity index (χ1n) is 6.55. The van der Waals surface area contributed by atoms with E-state index in [4.69, 9.17) is 20.9 Å². The molecule has 0 bridgehead atoms. The lowest BCUT2D eigenvalue weighted by Gasteiger charge is -2.17. The minimum Gasteiger partial charge on any atom is -0.485 e. The Balaban J connectivity index is 2.13. The number of ether oxygens (including phenoxy) is 1. The van der Waals surface area contributed by atoms with Gasteiger partial charge in [-0.3, -0.25) is 0 Å². The summed E-state index contributed by atoms with van der Waals surface area (Å²) < 4.78 is 10.7. The van der Waals surface area contributed by atoms with Gasteiger partial charge in [0.2, 0.25) is 11.7 Å². The van der Waals surface area contributed by atoms with Gasteiger partial charge < -0.3 is 14.6 Å². The van der Waals surface area contributed by atoms with Crippen LogP contribution in [0.2, 0.25) is 5.02 Å². The number of nitrogens with zero attached hydrogens (tertiary/aromatic N) is 2. The lowest BCUT2D eigenvalue weighted by Crippen LogP contribution is -2.18. The largest absolute Gasteiger partial charge is 0.485 e. The molecule has 0 saturated heterocycles. The van der Waals surface area contributed by atoms with Crippen LogP contribution < -0.4 is 10.1 Å². The highest BCUT2D eigenvalue weighted by Gasteiger charge is 2.13. The van der Waals surface area contributed by atoms with Gasteiger partial charge in [0.25, 0.3) is 0 Å². The zero-order chi connectivity index (χ0) is 14.5. The van der Waals surface area contributed by atoms with E-state index in [0.717, 1.165) is 17.9 Å². The second-order valence-corrected chi connectivity index (χ2v) is 4.92.